The van der Waals surface area contributed by atoms with Gasteiger partial charge in [-0.2, -0.15) is 9.61 Å². The van der Waals surface area contributed by atoms with Crippen LogP contribution in [0.4, 0.5) is 10.5 Å². The van der Waals surface area contributed by atoms with E-state index in [4.69, 9.17) is 16.3 Å². The van der Waals surface area contributed by atoms with Gasteiger partial charge in [0.05, 0.1) is 18.4 Å². The summed E-state index contributed by atoms with van der Waals surface area (Å²) in [6.45, 7) is 4.95. The first-order chi connectivity index (χ1) is 17.4. The van der Waals surface area contributed by atoms with Crippen LogP contribution in [0.3, 0.4) is 0 Å². The van der Waals surface area contributed by atoms with E-state index in [0.717, 1.165) is 11.1 Å². The standard InChI is InChI=1S/C25H25ClN6O3S/c1-16-7-8-17(13-20(16)26)27-24(34)31-11-9-30(10-12-31)15-18-14-22(33)32-25(28-18)36-23(29-32)19-5-3-4-6-21(19)35-2/h3-8,13-14H,9-12,15H2,1-2H3,(H,27,34). The second-order valence-corrected chi connectivity index (χ2v) is 9.91. The van der Waals surface area contributed by atoms with E-state index < -0.39 is 0 Å². The molecule has 9 nitrogen and oxygen atoms in total. The number of aromatic nitrogens is 3. The molecule has 3 heterocycles. The number of halogens is 1. The van der Waals surface area contributed by atoms with Crippen molar-refractivity contribution in [1.82, 2.24) is 24.4 Å². The van der Waals surface area contributed by atoms with Crippen molar-refractivity contribution in [1.29, 1.82) is 0 Å². The Hall–Kier alpha value is -3.47. The molecule has 4 aromatic rings. The van der Waals surface area contributed by atoms with Crippen LogP contribution in [0.1, 0.15) is 11.3 Å². The van der Waals surface area contributed by atoms with Crippen molar-refractivity contribution in [3.05, 3.63) is 75.2 Å². The molecule has 1 aliphatic heterocycles. The van der Waals surface area contributed by atoms with E-state index in [0.29, 0.717) is 64.8 Å². The predicted octanol–water partition coefficient (Wildman–Crippen LogP) is 4.14. The zero-order valence-corrected chi connectivity index (χ0v) is 21.5. The maximum absolute atomic E-state index is 12.7. The van der Waals surface area contributed by atoms with Gasteiger partial charge in [-0.1, -0.05) is 41.1 Å². The molecular formula is C25H25ClN6O3S. The molecule has 1 saturated heterocycles. The Morgan fingerprint density at radius 1 is 1.14 bits per heavy atom. The number of hydrogen-bond acceptors (Lipinski definition) is 7. The third kappa shape index (κ3) is 5.06. The number of urea groups is 1. The number of carbonyl (C=O) groups excluding carboxylic acids is 1. The topological polar surface area (TPSA) is 92.1 Å². The number of aryl methyl sites for hydroxylation is 1. The number of nitrogens with zero attached hydrogens (tertiary/aromatic N) is 5. The molecular weight excluding hydrogens is 500 g/mol. The largest absolute Gasteiger partial charge is 0.496 e. The molecule has 0 aliphatic carbocycles. The molecule has 0 bridgehead atoms. The minimum atomic E-state index is -0.220. The van der Waals surface area contributed by atoms with Gasteiger partial charge in [0.1, 0.15) is 5.75 Å². The number of amides is 2. The zero-order chi connectivity index (χ0) is 25.2. The lowest BCUT2D eigenvalue weighted by molar-refractivity contribution is 0.142. The fourth-order valence-electron chi connectivity index (χ4n) is 4.08. The highest BCUT2D eigenvalue weighted by molar-refractivity contribution is 7.19. The quantitative estimate of drug-likeness (QED) is 0.422. The van der Waals surface area contributed by atoms with Crippen LogP contribution in [0.5, 0.6) is 5.75 Å². The van der Waals surface area contributed by atoms with Gasteiger partial charge < -0.3 is 15.0 Å². The molecule has 0 spiro atoms. The maximum atomic E-state index is 12.7. The van der Waals surface area contributed by atoms with Gasteiger partial charge in [0.15, 0.2) is 5.01 Å². The summed E-state index contributed by atoms with van der Waals surface area (Å²) < 4.78 is 6.76. The van der Waals surface area contributed by atoms with E-state index >= 15 is 0 Å². The summed E-state index contributed by atoms with van der Waals surface area (Å²) in [4.78, 5) is 34.6. The van der Waals surface area contributed by atoms with E-state index in [1.54, 1.807) is 18.1 Å². The molecule has 186 valence electrons. The SMILES string of the molecule is COc1ccccc1-c1nn2c(=O)cc(CN3CCN(C(=O)Nc4ccc(C)c(Cl)c4)CC3)nc2s1. The van der Waals surface area contributed by atoms with Gasteiger partial charge in [-0.25, -0.2) is 9.78 Å². The molecule has 0 unspecified atom stereocenters. The van der Waals surface area contributed by atoms with Crippen LogP contribution >= 0.6 is 22.9 Å². The average Bonchev–Trinajstić information content (AvgIpc) is 3.31. The van der Waals surface area contributed by atoms with Gasteiger partial charge in [-0.05, 0) is 36.8 Å². The summed E-state index contributed by atoms with van der Waals surface area (Å²) in [6.07, 6.45) is 0. The fourth-order valence-corrected chi connectivity index (χ4v) is 5.21. The molecule has 1 N–H and O–H groups in total. The van der Waals surface area contributed by atoms with Crippen LogP contribution in [-0.2, 0) is 6.54 Å². The Morgan fingerprint density at radius 3 is 2.67 bits per heavy atom. The third-order valence-corrected chi connectivity index (χ3v) is 7.45. The fraction of sp³-hybridized carbons (Fsp3) is 0.280. The number of anilines is 1. The second-order valence-electron chi connectivity index (χ2n) is 8.54. The second kappa shape index (κ2) is 10.3. The van der Waals surface area contributed by atoms with E-state index in [9.17, 15) is 9.59 Å². The zero-order valence-electron chi connectivity index (χ0n) is 19.9. The lowest BCUT2D eigenvalue weighted by Gasteiger charge is -2.34. The van der Waals surface area contributed by atoms with Crippen molar-refractivity contribution in [2.45, 2.75) is 13.5 Å². The van der Waals surface area contributed by atoms with E-state index in [2.05, 4.69) is 20.3 Å². The first kappa shape index (κ1) is 24.2. The van der Waals surface area contributed by atoms with Crippen LogP contribution in [0.25, 0.3) is 15.5 Å². The van der Waals surface area contributed by atoms with Gasteiger partial charge >= 0.3 is 6.03 Å². The minimum Gasteiger partial charge on any atom is -0.496 e. The summed E-state index contributed by atoms with van der Waals surface area (Å²) in [6, 6.07) is 14.4. The number of rotatable bonds is 5. The van der Waals surface area contributed by atoms with Gasteiger partial charge in [0.2, 0.25) is 4.96 Å². The van der Waals surface area contributed by atoms with Crippen molar-refractivity contribution < 1.29 is 9.53 Å². The summed E-state index contributed by atoms with van der Waals surface area (Å²) in [7, 11) is 1.61. The van der Waals surface area contributed by atoms with Crippen molar-refractivity contribution in [3.63, 3.8) is 0 Å². The van der Waals surface area contributed by atoms with Gasteiger partial charge in [0, 0.05) is 49.5 Å². The molecule has 1 fully saturated rings. The highest BCUT2D eigenvalue weighted by Gasteiger charge is 2.22. The number of fused-ring (bicyclic) bond motifs is 1. The van der Waals surface area contributed by atoms with Crippen LogP contribution in [0, 0.1) is 6.92 Å². The van der Waals surface area contributed by atoms with Gasteiger partial charge in [-0.3, -0.25) is 9.69 Å². The number of methoxy groups -OCH3 is 1. The lowest BCUT2D eigenvalue weighted by Crippen LogP contribution is -2.49. The normalized spacial score (nSPS) is 14.2. The molecule has 2 aromatic heterocycles. The highest BCUT2D eigenvalue weighted by Crippen LogP contribution is 2.32. The summed E-state index contributed by atoms with van der Waals surface area (Å²) >= 11 is 7.51. The molecule has 0 saturated carbocycles. The maximum Gasteiger partial charge on any atom is 0.321 e. The Labute approximate surface area is 216 Å². The first-order valence-corrected chi connectivity index (χ1v) is 12.7. The molecule has 0 atom stereocenters. The molecule has 5 rings (SSSR count). The summed E-state index contributed by atoms with van der Waals surface area (Å²) in [5.41, 5.74) is 2.92. The number of carbonyl (C=O) groups is 1. The molecule has 36 heavy (non-hydrogen) atoms. The van der Waals surface area contributed by atoms with Crippen LogP contribution in [-0.4, -0.2) is 63.7 Å². The Bertz CT molecular complexity index is 1480. The number of nitrogens with one attached hydrogen (secondary N) is 1. The molecule has 2 aromatic carbocycles. The number of benzene rings is 2. The molecule has 2 amide bonds. The van der Waals surface area contributed by atoms with E-state index in [-0.39, 0.29) is 11.6 Å². The van der Waals surface area contributed by atoms with Gasteiger partial charge in [0.25, 0.3) is 5.56 Å². The number of hydrogen-bond donors (Lipinski definition) is 1. The molecule has 0 radical (unpaired) electrons. The van der Waals surface area contributed by atoms with Gasteiger partial charge in [-0.15, -0.1) is 0 Å². The van der Waals surface area contributed by atoms with Crippen molar-refractivity contribution in [2.75, 3.05) is 38.6 Å². The molecule has 11 heteroatoms. The van der Waals surface area contributed by atoms with E-state index in [1.165, 1.54) is 21.9 Å². The Balaban J connectivity index is 1.24. The van der Waals surface area contributed by atoms with Crippen LogP contribution in [0.15, 0.2) is 53.3 Å². The van der Waals surface area contributed by atoms with Crippen molar-refractivity contribution in [2.24, 2.45) is 0 Å². The monoisotopic (exact) mass is 524 g/mol. The van der Waals surface area contributed by atoms with Crippen molar-refractivity contribution >= 4 is 39.6 Å². The number of para-hydroxylation sites is 1. The number of ether oxygens (including phenoxy) is 1. The smallest absolute Gasteiger partial charge is 0.321 e. The Kier molecular flexibility index (Phi) is 6.90. The highest BCUT2D eigenvalue weighted by atomic mass is 35.5. The first-order valence-electron chi connectivity index (χ1n) is 11.5. The van der Waals surface area contributed by atoms with Crippen molar-refractivity contribution in [3.8, 4) is 16.3 Å². The lowest BCUT2D eigenvalue weighted by atomic mass is 10.2. The minimum absolute atomic E-state index is 0.152. The third-order valence-electron chi connectivity index (χ3n) is 6.10. The summed E-state index contributed by atoms with van der Waals surface area (Å²) in [5.74, 6) is 0.692. The average molecular weight is 525 g/mol. The van der Waals surface area contributed by atoms with Crippen LogP contribution in [0.2, 0.25) is 5.02 Å². The predicted molar refractivity (Wildman–Crippen MR) is 141 cm³/mol. The van der Waals surface area contributed by atoms with Crippen LogP contribution < -0.4 is 15.6 Å². The van der Waals surface area contributed by atoms with E-state index in [1.807, 2.05) is 43.3 Å². The number of piperazine rings is 1. The summed E-state index contributed by atoms with van der Waals surface area (Å²) in [5, 5.41) is 8.66. The Morgan fingerprint density at radius 2 is 1.92 bits per heavy atom. The molecule has 1 aliphatic rings.